The first-order valence-electron chi connectivity index (χ1n) is 12.0. The molecule has 0 spiro atoms. The summed E-state index contributed by atoms with van der Waals surface area (Å²) in [7, 11) is 0. The van der Waals surface area contributed by atoms with Crippen LogP contribution in [-0.2, 0) is 28.6 Å². The molecule has 3 rings (SSSR count). The Kier molecular flexibility index (Phi) is 10.0. The lowest BCUT2D eigenvalue weighted by Crippen LogP contribution is -2.44. The molecule has 0 fully saturated rings. The van der Waals surface area contributed by atoms with Crippen LogP contribution in [0.25, 0.3) is 0 Å². The summed E-state index contributed by atoms with van der Waals surface area (Å²) in [6, 6.07) is 7.17. The largest absolute Gasteiger partial charge is 0.618 e. The fourth-order valence-corrected chi connectivity index (χ4v) is 4.81. The van der Waals surface area contributed by atoms with E-state index in [1.165, 1.54) is 30.8 Å². The van der Waals surface area contributed by atoms with Gasteiger partial charge in [-0.15, -0.1) is 11.8 Å². The molecule has 3 aromatic heterocycles. The molecule has 0 saturated carbocycles. The maximum absolute atomic E-state index is 14.6. The molecule has 3 aromatic rings. The summed E-state index contributed by atoms with van der Waals surface area (Å²) in [5.41, 5.74) is -1.59. The monoisotopic (exact) mass is 595 g/mol. The number of rotatable bonds is 12. The highest BCUT2D eigenvalue weighted by atomic mass is 35.5. The van der Waals surface area contributed by atoms with Gasteiger partial charge in [-0.1, -0.05) is 11.6 Å². The Hall–Kier alpha value is -3.78. The maximum Gasteiger partial charge on any atom is 0.347 e. The molecule has 0 aromatic carbocycles. The van der Waals surface area contributed by atoms with Crippen molar-refractivity contribution in [3.63, 3.8) is 0 Å². The van der Waals surface area contributed by atoms with Crippen molar-refractivity contribution in [3.05, 3.63) is 81.0 Å². The van der Waals surface area contributed by atoms with Crippen molar-refractivity contribution in [3.8, 4) is 0 Å². The van der Waals surface area contributed by atoms with Crippen molar-refractivity contribution in [1.82, 2.24) is 25.2 Å². The van der Waals surface area contributed by atoms with Crippen LogP contribution < -0.4 is 26.2 Å². The van der Waals surface area contributed by atoms with Gasteiger partial charge >= 0.3 is 5.92 Å². The molecule has 0 atom stereocenters. The number of aromatic nitrogens is 4. The third-order valence-electron chi connectivity index (χ3n) is 5.39. The lowest BCUT2D eigenvalue weighted by Gasteiger charge is -2.25. The van der Waals surface area contributed by atoms with Crippen LogP contribution in [0.2, 0.25) is 5.15 Å². The highest BCUT2D eigenvalue weighted by molar-refractivity contribution is 7.99. The molecule has 3 heterocycles. The number of anilines is 1. The zero-order chi connectivity index (χ0) is 29.5. The van der Waals surface area contributed by atoms with Gasteiger partial charge in [0.15, 0.2) is 12.0 Å². The SMILES string of the molecule is CC(=O)NC(C)(C)CSc1cccnc1CNC(=O)Cn1c(Cl)cnc(NCC(F)(F)c2cccc[n+]2[O-])c1=O. The molecule has 0 radical (unpaired) electrons. The number of thioether (sulfide) groups is 1. The molecule has 15 heteroatoms. The second kappa shape index (κ2) is 13.0. The topological polar surface area (TPSA) is 145 Å². The summed E-state index contributed by atoms with van der Waals surface area (Å²) in [6.45, 7) is 3.68. The molecular weight excluding hydrogens is 568 g/mol. The lowest BCUT2D eigenvalue weighted by atomic mass is 10.1. The number of nitrogens with zero attached hydrogens (tertiary/aromatic N) is 4. The van der Waals surface area contributed by atoms with Crippen LogP contribution in [0.3, 0.4) is 0 Å². The number of nitrogens with one attached hydrogen (secondary N) is 3. The number of hydrogen-bond acceptors (Lipinski definition) is 8. The van der Waals surface area contributed by atoms with Crippen LogP contribution in [-0.4, -0.2) is 44.2 Å². The van der Waals surface area contributed by atoms with Crippen LogP contribution >= 0.6 is 23.4 Å². The van der Waals surface area contributed by atoms with Crippen LogP contribution in [0, 0.1) is 5.21 Å². The first-order valence-corrected chi connectivity index (χ1v) is 13.3. The minimum atomic E-state index is -3.62. The number of amides is 2. The number of halogens is 3. The fraction of sp³-hybridized carbons (Fsp3) is 0.360. The van der Waals surface area contributed by atoms with E-state index in [0.29, 0.717) is 11.4 Å². The molecule has 3 N–H and O–H groups in total. The Balaban J connectivity index is 1.65. The molecule has 0 saturated heterocycles. The fourth-order valence-electron chi connectivity index (χ4n) is 3.57. The molecule has 0 aliphatic heterocycles. The molecular formula is C25H28ClF2N7O4S. The number of alkyl halides is 2. The Morgan fingerprint density at radius 2 is 1.95 bits per heavy atom. The zero-order valence-corrected chi connectivity index (χ0v) is 23.5. The van der Waals surface area contributed by atoms with Gasteiger partial charge in [-0.05, 0) is 32.0 Å². The average molecular weight is 596 g/mol. The van der Waals surface area contributed by atoms with Crippen molar-refractivity contribution in [2.75, 3.05) is 17.6 Å². The first-order chi connectivity index (χ1) is 18.8. The smallest absolute Gasteiger partial charge is 0.347 e. The standard InChI is InChI=1S/C25H28ClF2N7O4S/c1-16(36)33-24(2,3)15-40-18-7-6-9-29-17(18)11-30-21(37)13-34-20(26)12-31-22(23(34)38)32-14-25(27,28)19-8-4-5-10-35(19)39/h4-10,12H,11,13-15H2,1-3H3,(H,30,37)(H,31,32)(H,33,36). The molecule has 0 unspecified atom stereocenters. The van der Waals surface area contributed by atoms with E-state index >= 15 is 0 Å². The average Bonchev–Trinajstić information content (AvgIpc) is 2.88. The van der Waals surface area contributed by atoms with E-state index in [2.05, 4.69) is 25.9 Å². The molecule has 0 aliphatic carbocycles. The molecule has 2 amide bonds. The van der Waals surface area contributed by atoms with Gasteiger partial charge in [-0.2, -0.15) is 13.5 Å². The van der Waals surface area contributed by atoms with Crippen molar-refractivity contribution < 1.29 is 23.1 Å². The summed E-state index contributed by atoms with van der Waals surface area (Å²) in [6.07, 6.45) is 3.57. The summed E-state index contributed by atoms with van der Waals surface area (Å²) >= 11 is 7.53. The van der Waals surface area contributed by atoms with E-state index in [0.717, 1.165) is 27.9 Å². The summed E-state index contributed by atoms with van der Waals surface area (Å²) < 4.78 is 30.0. The van der Waals surface area contributed by atoms with Gasteiger partial charge in [0.05, 0.1) is 25.0 Å². The minimum absolute atomic E-state index is 0.0367. The van der Waals surface area contributed by atoms with E-state index in [-0.39, 0.29) is 22.3 Å². The minimum Gasteiger partial charge on any atom is -0.618 e. The Morgan fingerprint density at radius 1 is 1.20 bits per heavy atom. The normalized spacial score (nSPS) is 11.7. The van der Waals surface area contributed by atoms with Crippen molar-refractivity contribution in [2.45, 2.75) is 50.2 Å². The van der Waals surface area contributed by atoms with E-state index in [1.807, 2.05) is 19.9 Å². The Morgan fingerprint density at radius 3 is 2.65 bits per heavy atom. The molecule has 40 heavy (non-hydrogen) atoms. The van der Waals surface area contributed by atoms with Crippen molar-refractivity contribution in [2.24, 2.45) is 0 Å². The summed E-state index contributed by atoms with van der Waals surface area (Å²) in [5.74, 6) is -4.25. The summed E-state index contributed by atoms with van der Waals surface area (Å²) in [5, 5.41) is 19.3. The van der Waals surface area contributed by atoms with E-state index in [4.69, 9.17) is 11.6 Å². The van der Waals surface area contributed by atoms with Gasteiger partial charge < -0.3 is 21.2 Å². The quantitative estimate of drug-likeness (QED) is 0.164. The third-order valence-corrected chi connectivity index (χ3v) is 7.24. The Labute approximate surface area is 237 Å². The van der Waals surface area contributed by atoms with Crippen LogP contribution in [0.5, 0.6) is 0 Å². The Bertz CT molecular complexity index is 1440. The molecule has 0 aliphatic rings. The number of carbonyl (C=O) groups is 2. The molecule has 214 valence electrons. The third kappa shape index (κ3) is 8.36. The van der Waals surface area contributed by atoms with Crippen LogP contribution in [0.4, 0.5) is 14.6 Å². The van der Waals surface area contributed by atoms with Gasteiger partial charge in [0.25, 0.3) is 11.3 Å². The van der Waals surface area contributed by atoms with Crippen molar-refractivity contribution >= 4 is 41.0 Å². The van der Waals surface area contributed by atoms with Crippen LogP contribution in [0.15, 0.2) is 58.6 Å². The lowest BCUT2D eigenvalue weighted by molar-refractivity contribution is -0.624. The predicted octanol–water partition coefficient (Wildman–Crippen LogP) is 2.45. The van der Waals surface area contributed by atoms with Gasteiger partial charge in [-0.3, -0.25) is 23.9 Å². The van der Waals surface area contributed by atoms with Crippen LogP contribution in [0.1, 0.15) is 32.2 Å². The number of hydrogen-bond donors (Lipinski definition) is 3. The first kappa shape index (κ1) is 30.8. The van der Waals surface area contributed by atoms with E-state index < -0.39 is 47.5 Å². The molecule has 0 bridgehead atoms. The second-order valence-corrected chi connectivity index (χ2v) is 10.8. The van der Waals surface area contributed by atoms with E-state index in [1.54, 1.807) is 12.3 Å². The molecule has 11 nitrogen and oxygen atoms in total. The number of pyridine rings is 2. The zero-order valence-electron chi connectivity index (χ0n) is 21.9. The highest BCUT2D eigenvalue weighted by Crippen LogP contribution is 2.26. The number of carbonyl (C=O) groups excluding carboxylic acids is 2. The van der Waals surface area contributed by atoms with Gasteiger partial charge in [0.1, 0.15) is 11.7 Å². The predicted molar refractivity (Wildman–Crippen MR) is 146 cm³/mol. The van der Waals surface area contributed by atoms with Gasteiger partial charge in [-0.25, -0.2) is 4.98 Å². The van der Waals surface area contributed by atoms with Gasteiger partial charge in [0, 0.05) is 41.4 Å². The maximum atomic E-state index is 14.6. The van der Waals surface area contributed by atoms with Gasteiger partial charge in [0.2, 0.25) is 11.8 Å². The second-order valence-electron chi connectivity index (χ2n) is 9.37. The van der Waals surface area contributed by atoms with E-state index in [9.17, 15) is 28.4 Å². The highest BCUT2D eigenvalue weighted by Gasteiger charge is 2.39. The van der Waals surface area contributed by atoms with Crippen molar-refractivity contribution in [1.29, 1.82) is 0 Å². The summed E-state index contributed by atoms with van der Waals surface area (Å²) in [4.78, 5) is 45.8.